The van der Waals surface area contributed by atoms with E-state index in [1.807, 2.05) is 17.0 Å². The first-order valence-corrected chi connectivity index (χ1v) is 15.9. The Morgan fingerprint density at radius 2 is 1.81 bits per heavy atom. The van der Waals surface area contributed by atoms with Crippen molar-refractivity contribution in [2.24, 2.45) is 11.3 Å². The number of nitriles is 1. The lowest BCUT2D eigenvalue weighted by atomic mass is 9.71. The highest BCUT2D eigenvalue weighted by molar-refractivity contribution is 7.91. The number of benzene rings is 1. The number of alkyl halides is 2. The molecule has 2 aliphatic carbocycles. The van der Waals surface area contributed by atoms with Crippen LogP contribution < -0.4 is 4.90 Å². The van der Waals surface area contributed by atoms with E-state index in [1.165, 1.54) is 23.0 Å². The number of aromatic nitrogens is 3. The molecule has 1 saturated heterocycles. The van der Waals surface area contributed by atoms with Gasteiger partial charge in [-0.15, -0.1) is 0 Å². The smallest absolute Gasteiger partial charge is 0.248 e. The highest BCUT2D eigenvalue weighted by atomic mass is 32.2. The molecule has 0 spiro atoms. The molecule has 8 nitrogen and oxygen atoms in total. The third-order valence-corrected chi connectivity index (χ3v) is 10.4. The van der Waals surface area contributed by atoms with Gasteiger partial charge in [0.25, 0.3) is 0 Å². The van der Waals surface area contributed by atoms with Crippen molar-refractivity contribution in [1.82, 2.24) is 14.8 Å². The van der Waals surface area contributed by atoms with Crippen LogP contribution in [-0.4, -0.2) is 59.5 Å². The first kappa shape index (κ1) is 28.4. The van der Waals surface area contributed by atoms with E-state index in [1.54, 1.807) is 18.3 Å². The predicted molar refractivity (Wildman–Crippen MR) is 150 cm³/mol. The molecule has 3 heterocycles. The summed E-state index contributed by atoms with van der Waals surface area (Å²) in [6, 6.07) is 12.1. The zero-order valence-corrected chi connectivity index (χ0v) is 23.7. The quantitative estimate of drug-likeness (QED) is 0.373. The lowest BCUT2D eigenvalue weighted by Gasteiger charge is -2.35. The van der Waals surface area contributed by atoms with Gasteiger partial charge < -0.3 is 4.90 Å². The topological polar surface area (TPSA) is 109 Å². The fourth-order valence-electron chi connectivity index (χ4n) is 6.11. The maximum Gasteiger partial charge on any atom is 0.248 e. The largest absolute Gasteiger partial charge is 0.369 e. The summed E-state index contributed by atoms with van der Waals surface area (Å²) in [5, 5.41) is 14.1. The normalized spacial score (nSPS) is 24.1. The Labute approximate surface area is 242 Å². The molecule has 0 N–H and O–H groups in total. The number of hydrogen-bond donors (Lipinski definition) is 0. The number of hydrogen-bond acceptors (Lipinski definition) is 7. The molecule has 0 radical (unpaired) electrons. The Morgan fingerprint density at radius 3 is 2.45 bits per heavy atom. The van der Waals surface area contributed by atoms with E-state index in [-0.39, 0.29) is 41.6 Å². The lowest BCUT2D eigenvalue weighted by molar-refractivity contribution is -0.129. The molecule has 2 saturated carbocycles. The van der Waals surface area contributed by atoms with E-state index in [2.05, 4.69) is 16.2 Å². The molecule has 1 aliphatic heterocycles. The number of carbonyl (C=O) groups is 1. The first-order chi connectivity index (χ1) is 20.0. The molecule has 1 aromatic carbocycles. The molecule has 42 heavy (non-hydrogen) atoms. The lowest BCUT2D eigenvalue weighted by Crippen LogP contribution is -2.40. The minimum atomic E-state index is -3.05. The minimum absolute atomic E-state index is 0.0287. The molecule has 0 bridgehead atoms. The van der Waals surface area contributed by atoms with Crippen LogP contribution in [0.15, 0.2) is 48.8 Å². The van der Waals surface area contributed by atoms with Gasteiger partial charge in [0.05, 0.1) is 28.7 Å². The molecule has 2 atom stereocenters. The third kappa shape index (κ3) is 5.67. The third-order valence-electron chi connectivity index (χ3n) is 8.78. The molecule has 3 aliphatic rings. The van der Waals surface area contributed by atoms with Crippen LogP contribution in [0.2, 0.25) is 0 Å². The van der Waals surface area contributed by atoms with Crippen molar-refractivity contribution in [1.29, 1.82) is 5.26 Å². The van der Waals surface area contributed by atoms with Crippen molar-refractivity contribution < 1.29 is 26.4 Å². The van der Waals surface area contributed by atoms with Crippen molar-refractivity contribution in [3.63, 3.8) is 0 Å². The average Bonchev–Trinajstić information content (AvgIpc) is 3.59. The molecule has 0 unspecified atom stereocenters. The van der Waals surface area contributed by atoms with Gasteiger partial charge in [-0.05, 0) is 49.1 Å². The second-order valence-electron chi connectivity index (χ2n) is 11.7. The van der Waals surface area contributed by atoms with E-state index in [0.717, 1.165) is 5.69 Å². The van der Waals surface area contributed by atoms with Crippen LogP contribution in [0.4, 0.5) is 18.9 Å². The van der Waals surface area contributed by atoms with Crippen LogP contribution in [0.1, 0.15) is 50.1 Å². The van der Waals surface area contributed by atoms with Crippen LogP contribution >= 0.6 is 0 Å². The Morgan fingerprint density at radius 1 is 1.10 bits per heavy atom. The number of sulfone groups is 1. The van der Waals surface area contributed by atoms with Gasteiger partial charge in [-0.3, -0.25) is 4.79 Å². The molecular formula is C30H30F3N5O3S. The number of ketones is 1. The van der Waals surface area contributed by atoms with Gasteiger partial charge in [0, 0.05) is 67.8 Å². The number of anilines is 1. The van der Waals surface area contributed by atoms with Crippen LogP contribution in [0.5, 0.6) is 0 Å². The first-order valence-electron chi connectivity index (χ1n) is 14.1. The van der Waals surface area contributed by atoms with E-state index in [9.17, 15) is 31.6 Å². The van der Waals surface area contributed by atoms with Gasteiger partial charge in [-0.1, -0.05) is 12.1 Å². The van der Waals surface area contributed by atoms with Crippen molar-refractivity contribution in [3.8, 4) is 23.0 Å². The van der Waals surface area contributed by atoms with E-state index in [0.29, 0.717) is 37.1 Å². The second kappa shape index (κ2) is 10.5. The Bertz CT molecular complexity index is 1650. The number of Topliss-reactive ketones (excluding diaryl/α,β-unsaturated/α-hetero) is 1. The fraction of sp³-hybridized carbons (Fsp3) is 0.467. The summed E-state index contributed by atoms with van der Waals surface area (Å²) >= 11 is 0. The van der Waals surface area contributed by atoms with Gasteiger partial charge in [-0.25, -0.2) is 31.3 Å². The van der Waals surface area contributed by atoms with Gasteiger partial charge in [0.2, 0.25) is 5.92 Å². The van der Waals surface area contributed by atoms with E-state index >= 15 is 0 Å². The summed E-state index contributed by atoms with van der Waals surface area (Å²) in [5.41, 5.74) is 1.49. The zero-order valence-electron chi connectivity index (χ0n) is 22.8. The molecule has 12 heteroatoms. The van der Waals surface area contributed by atoms with Gasteiger partial charge in [0.15, 0.2) is 21.5 Å². The van der Waals surface area contributed by atoms with Crippen LogP contribution in [0.3, 0.4) is 0 Å². The fourth-order valence-corrected chi connectivity index (χ4v) is 7.31. The molecule has 0 amide bonds. The average molecular weight is 598 g/mol. The molecule has 6 rings (SSSR count). The Hall–Kier alpha value is -3.72. The van der Waals surface area contributed by atoms with Crippen molar-refractivity contribution in [3.05, 3.63) is 60.3 Å². The summed E-state index contributed by atoms with van der Waals surface area (Å²) in [6.07, 6.45) is 3.19. The zero-order chi connectivity index (χ0) is 29.7. The maximum atomic E-state index is 14.9. The summed E-state index contributed by atoms with van der Waals surface area (Å²) in [6.45, 7) is 0.740. The van der Waals surface area contributed by atoms with Crippen molar-refractivity contribution in [2.45, 2.75) is 50.4 Å². The highest BCUT2D eigenvalue weighted by Gasteiger charge is 2.50. The predicted octanol–water partition coefficient (Wildman–Crippen LogP) is 5.09. The molecule has 3 fully saturated rings. The van der Waals surface area contributed by atoms with Gasteiger partial charge in [0.1, 0.15) is 5.78 Å². The van der Waals surface area contributed by atoms with Crippen LogP contribution in [-0.2, 0) is 14.6 Å². The number of pyridine rings is 1. The summed E-state index contributed by atoms with van der Waals surface area (Å²) in [5.74, 6) is -5.51. The maximum absolute atomic E-state index is 14.9. The number of carbonyl (C=O) groups excluding carboxylic acids is 1. The molecule has 2 aromatic heterocycles. The standard InChI is InChI=1S/C30H30F3N5O3S/c31-25-2-1-11-35-28(25)38-18-24(20-3-5-21(6-4-20)37-12-14-42(40,41)15-13-37)27(36-38)23-16-30(32,33)8-7-22(23)26(39)17-29(19-34)9-10-29/h1-6,11,18,22-23H,7-10,12-17H2/t22-,23-/m1/s1. The van der Waals surface area contributed by atoms with Crippen molar-refractivity contribution >= 4 is 21.3 Å². The number of rotatable bonds is 7. The van der Waals surface area contributed by atoms with Gasteiger partial charge >= 0.3 is 0 Å². The van der Waals surface area contributed by atoms with Gasteiger partial charge in [-0.2, -0.15) is 10.4 Å². The monoisotopic (exact) mass is 597 g/mol. The summed E-state index contributed by atoms with van der Waals surface area (Å²) in [7, 11) is -3.05. The second-order valence-corrected chi connectivity index (χ2v) is 14.0. The molecule has 220 valence electrons. The molecular weight excluding hydrogens is 567 g/mol. The van der Waals surface area contributed by atoms with Crippen LogP contribution in [0.25, 0.3) is 16.9 Å². The Balaban J connectivity index is 1.39. The number of nitrogens with zero attached hydrogens (tertiary/aromatic N) is 5. The van der Waals surface area contributed by atoms with Crippen molar-refractivity contribution in [2.75, 3.05) is 29.5 Å². The summed E-state index contributed by atoms with van der Waals surface area (Å²) in [4.78, 5) is 19.6. The number of halogens is 3. The Kier molecular flexibility index (Phi) is 7.12. The highest BCUT2D eigenvalue weighted by Crippen LogP contribution is 2.52. The SMILES string of the molecule is N#CC1(CC(=O)[C@@H]2CCC(F)(F)C[C@H]2c2nn(-c3ncccc3F)cc2-c2ccc(N3CCS(=O)(=O)CC3)cc2)CC1. The van der Waals surface area contributed by atoms with Crippen LogP contribution in [0, 0.1) is 28.5 Å². The summed E-state index contributed by atoms with van der Waals surface area (Å²) < 4.78 is 69.5. The van der Waals surface area contributed by atoms with E-state index in [4.69, 9.17) is 0 Å². The molecule has 3 aromatic rings. The van der Waals surface area contributed by atoms with E-state index < -0.39 is 51.7 Å². The minimum Gasteiger partial charge on any atom is -0.369 e.